The van der Waals surface area contributed by atoms with Crippen molar-refractivity contribution in [3.63, 3.8) is 0 Å². The van der Waals surface area contributed by atoms with Gasteiger partial charge in [0.2, 0.25) is 0 Å². The fourth-order valence-electron chi connectivity index (χ4n) is 3.00. The van der Waals surface area contributed by atoms with Crippen molar-refractivity contribution < 1.29 is 4.74 Å². The molecule has 2 rings (SSSR count). The number of nitrogens with one attached hydrogen (secondary N) is 1. The number of nitrogens with zero attached hydrogens (tertiary/aromatic N) is 2. The maximum atomic E-state index is 5.85. The largest absolute Gasteiger partial charge is 0.379 e. The van der Waals surface area contributed by atoms with Crippen LogP contribution in [0.5, 0.6) is 0 Å². The predicted molar refractivity (Wildman–Crippen MR) is 83.3 cm³/mol. The van der Waals surface area contributed by atoms with Gasteiger partial charge in [0.25, 0.3) is 0 Å². The van der Waals surface area contributed by atoms with Crippen LogP contribution in [0.15, 0.2) is 0 Å². The fourth-order valence-corrected chi connectivity index (χ4v) is 3.00. The standard InChI is InChI=1S/C16H29N3O/c1-10(2)15-9-14(7-8-20-15)17-16-12(5)18-19(11(3)4)13(16)6/h10-11,14-15,17H,7-9H2,1-6H3. The van der Waals surface area contributed by atoms with Crippen LogP contribution in [0.3, 0.4) is 0 Å². The number of hydrogen-bond donors (Lipinski definition) is 1. The second-order valence-corrected chi connectivity index (χ2v) is 6.60. The first-order valence-electron chi connectivity index (χ1n) is 7.84. The SMILES string of the molecule is Cc1nn(C(C)C)c(C)c1NC1CCOC(C(C)C)C1. The highest BCUT2D eigenvalue weighted by molar-refractivity contribution is 5.53. The van der Waals surface area contributed by atoms with Gasteiger partial charge >= 0.3 is 0 Å². The minimum atomic E-state index is 0.377. The lowest BCUT2D eigenvalue weighted by atomic mass is 9.95. The van der Waals surface area contributed by atoms with Gasteiger partial charge < -0.3 is 10.1 Å². The van der Waals surface area contributed by atoms with Crippen molar-refractivity contribution in [2.45, 2.75) is 72.6 Å². The molecular weight excluding hydrogens is 250 g/mol. The van der Waals surface area contributed by atoms with E-state index in [-0.39, 0.29) is 0 Å². The Hall–Kier alpha value is -1.03. The molecule has 0 radical (unpaired) electrons. The summed E-state index contributed by atoms with van der Waals surface area (Å²) >= 11 is 0. The van der Waals surface area contributed by atoms with Gasteiger partial charge in [0.1, 0.15) is 0 Å². The zero-order valence-electron chi connectivity index (χ0n) is 13.7. The van der Waals surface area contributed by atoms with Crippen LogP contribution in [-0.4, -0.2) is 28.5 Å². The summed E-state index contributed by atoms with van der Waals surface area (Å²) in [5.74, 6) is 0.584. The summed E-state index contributed by atoms with van der Waals surface area (Å²) in [4.78, 5) is 0. The van der Waals surface area contributed by atoms with E-state index in [1.807, 2.05) is 0 Å². The van der Waals surface area contributed by atoms with Gasteiger partial charge in [0.05, 0.1) is 23.2 Å². The number of aromatic nitrogens is 2. The molecule has 0 aliphatic carbocycles. The van der Waals surface area contributed by atoms with Crippen molar-refractivity contribution in [3.8, 4) is 0 Å². The molecule has 20 heavy (non-hydrogen) atoms. The van der Waals surface area contributed by atoms with E-state index in [1.54, 1.807) is 0 Å². The van der Waals surface area contributed by atoms with Crippen molar-refractivity contribution in [3.05, 3.63) is 11.4 Å². The zero-order chi connectivity index (χ0) is 14.9. The molecule has 1 fully saturated rings. The van der Waals surface area contributed by atoms with Crippen LogP contribution in [0, 0.1) is 19.8 Å². The van der Waals surface area contributed by atoms with E-state index >= 15 is 0 Å². The van der Waals surface area contributed by atoms with Gasteiger partial charge in [-0.15, -0.1) is 0 Å². The molecule has 114 valence electrons. The Morgan fingerprint density at radius 2 is 1.95 bits per heavy atom. The molecule has 2 atom stereocenters. The van der Waals surface area contributed by atoms with Crippen LogP contribution in [0.1, 0.15) is 58.0 Å². The summed E-state index contributed by atoms with van der Waals surface area (Å²) < 4.78 is 7.96. The molecule has 0 spiro atoms. The highest BCUT2D eigenvalue weighted by atomic mass is 16.5. The minimum absolute atomic E-state index is 0.377. The van der Waals surface area contributed by atoms with Crippen LogP contribution < -0.4 is 5.32 Å². The number of hydrogen-bond acceptors (Lipinski definition) is 3. The van der Waals surface area contributed by atoms with E-state index in [0.29, 0.717) is 24.1 Å². The van der Waals surface area contributed by atoms with Crippen LogP contribution >= 0.6 is 0 Å². The quantitative estimate of drug-likeness (QED) is 0.913. The first-order chi connectivity index (χ1) is 9.40. The Morgan fingerprint density at radius 3 is 2.50 bits per heavy atom. The molecule has 1 saturated heterocycles. The van der Waals surface area contributed by atoms with Crippen LogP contribution in [0.2, 0.25) is 0 Å². The molecule has 2 heterocycles. The summed E-state index contributed by atoms with van der Waals surface area (Å²) in [6.07, 6.45) is 2.54. The van der Waals surface area contributed by atoms with Gasteiger partial charge in [-0.05, 0) is 46.5 Å². The molecule has 0 aromatic carbocycles. The minimum Gasteiger partial charge on any atom is -0.379 e. The van der Waals surface area contributed by atoms with Gasteiger partial charge in [-0.3, -0.25) is 4.68 Å². The van der Waals surface area contributed by atoms with Crippen molar-refractivity contribution in [1.82, 2.24) is 9.78 Å². The highest BCUT2D eigenvalue weighted by Crippen LogP contribution is 2.27. The summed E-state index contributed by atoms with van der Waals surface area (Å²) in [6.45, 7) is 13.9. The summed E-state index contributed by atoms with van der Waals surface area (Å²) in [6, 6.07) is 0.903. The summed E-state index contributed by atoms with van der Waals surface area (Å²) in [5, 5.41) is 8.37. The number of ether oxygens (including phenoxy) is 1. The molecule has 2 unspecified atom stereocenters. The molecule has 4 heteroatoms. The van der Waals surface area contributed by atoms with E-state index in [9.17, 15) is 0 Å². The van der Waals surface area contributed by atoms with Crippen LogP contribution in [-0.2, 0) is 4.74 Å². The van der Waals surface area contributed by atoms with Crippen LogP contribution in [0.25, 0.3) is 0 Å². The van der Waals surface area contributed by atoms with Gasteiger partial charge in [0, 0.05) is 18.7 Å². The normalized spacial score (nSPS) is 23.6. The second kappa shape index (κ2) is 6.17. The van der Waals surface area contributed by atoms with Gasteiger partial charge in [-0.2, -0.15) is 5.10 Å². The topological polar surface area (TPSA) is 39.1 Å². The van der Waals surface area contributed by atoms with Crippen molar-refractivity contribution in [2.24, 2.45) is 5.92 Å². The number of aryl methyl sites for hydroxylation is 1. The van der Waals surface area contributed by atoms with E-state index in [0.717, 1.165) is 25.1 Å². The summed E-state index contributed by atoms with van der Waals surface area (Å²) in [5.41, 5.74) is 3.56. The third-order valence-corrected chi connectivity index (χ3v) is 4.22. The van der Waals surface area contributed by atoms with E-state index in [1.165, 1.54) is 11.4 Å². The maximum absolute atomic E-state index is 5.85. The first kappa shape index (κ1) is 15.4. The highest BCUT2D eigenvalue weighted by Gasteiger charge is 2.26. The third kappa shape index (κ3) is 3.17. The van der Waals surface area contributed by atoms with E-state index in [2.05, 4.69) is 56.6 Å². The van der Waals surface area contributed by atoms with Gasteiger partial charge in [-0.1, -0.05) is 13.8 Å². The monoisotopic (exact) mass is 279 g/mol. The van der Waals surface area contributed by atoms with Crippen molar-refractivity contribution in [1.29, 1.82) is 0 Å². The summed E-state index contributed by atoms with van der Waals surface area (Å²) in [7, 11) is 0. The van der Waals surface area contributed by atoms with E-state index < -0.39 is 0 Å². The smallest absolute Gasteiger partial charge is 0.0828 e. The van der Waals surface area contributed by atoms with Crippen molar-refractivity contribution in [2.75, 3.05) is 11.9 Å². The lowest BCUT2D eigenvalue weighted by molar-refractivity contribution is -0.0161. The Kier molecular flexibility index (Phi) is 4.74. The molecule has 1 aromatic heterocycles. The Balaban J connectivity index is 2.10. The van der Waals surface area contributed by atoms with Crippen molar-refractivity contribution >= 4 is 5.69 Å². The van der Waals surface area contributed by atoms with E-state index in [4.69, 9.17) is 4.74 Å². The molecule has 1 aliphatic heterocycles. The number of rotatable bonds is 4. The lowest BCUT2D eigenvalue weighted by Crippen LogP contribution is -2.36. The molecular formula is C16H29N3O. The van der Waals surface area contributed by atoms with Crippen LogP contribution in [0.4, 0.5) is 5.69 Å². The fraction of sp³-hybridized carbons (Fsp3) is 0.812. The molecule has 1 aromatic rings. The Bertz CT molecular complexity index is 451. The average Bonchev–Trinajstić information content (AvgIpc) is 2.67. The predicted octanol–water partition coefficient (Wildman–Crippen LogP) is 3.70. The lowest BCUT2D eigenvalue weighted by Gasteiger charge is -2.33. The molecule has 1 aliphatic rings. The maximum Gasteiger partial charge on any atom is 0.0828 e. The molecule has 4 nitrogen and oxygen atoms in total. The Morgan fingerprint density at radius 1 is 1.25 bits per heavy atom. The molecule has 1 N–H and O–H groups in total. The van der Waals surface area contributed by atoms with Gasteiger partial charge in [-0.25, -0.2) is 0 Å². The molecule has 0 bridgehead atoms. The second-order valence-electron chi connectivity index (χ2n) is 6.60. The third-order valence-electron chi connectivity index (χ3n) is 4.22. The average molecular weight is 279 g/mol. The van der Waals surface area contributed by atoms with Gasteiger partial charge in [0.15, 0.2) is 0 Å². The molecule has 0 amide bonds. The Labute approximate surface area is 122 Å². The first-order valence-corrected chi connectivity index (χ1v) is 7.84. The zero-order valence-corrected chi connectivity index (χ0v) is 13.7. The molecule has 0 saturated carbocycles. The number of anilines is 1.